The number of hydrogen-bond acceptors (Lipinski definition) is 5. The van der Waals surface area contributed by atoms with Crippen molar-refractivity contribution in [1.82, 2.24) is 9.88 Å². The first-order valence-corrected chi connectivity index (χ1v) is 8.27. The molecule has 1 aromatic carbocycles. The van der Waals surface area contributed by atoms with Gasteiger partial charge in [0.2, 0.25) is 5.91 Å². The van der Waals surface area contributed by atoms with Crippen molar-refractivity contribution in [3.63, 3.8) is 0 Å². The van der Waals surface area contributed by atoms with Crippen molar-refractivity contribution in [1.29, 1.82) is 0 Å². The molecule has 0 spiro atoms. The lowest BCUT2D eigenvalue weighted by Crippen LogP contribution is -2.46. The number of ketones is 1. The maximum absolute atomic E-state index is 12.6. The molecule has 2 amide bonds. The van der Waals surface area contributed by atoms with E-state index in [2.05, 4.69) is 5.32 Å². The summed E-state index contributed by atoms with van der Waals surface area (Å²) in [5.74, 6) is -6.81. The summed E-state index contributed by atoms with van der Waals surface area (Å²) in [5, 5.41) is 21.0. The number of Topliss-reactive ketones (excluding diaryl/α,β-unsaturated/α-hetero) is 1. The van der Waals surface area contributed by atoms with Gasteiger partial charge >= 0.3 is 11.9 Å². The average Bonchev–Trinajstić information content (AvgIpc) is 2.97. The molecule has 1 unspecified atom stereocenters. The Morgan fingerprint density at radius 2 is 1.75 bits per heavy atom. The number of aromatic nitrogens is 1. The number of nitrogens with one attached hydrogen (secondary N) is 1. The molecule has 0 saturated heterocycles. The molecule has 0 aliphatic rings. The summed E-state index contributed by atoms with van der Waals surface area (Å²) < 4.78 is 1.28. The van der Waals surface area contributed by atoms with Crippen molar-refractivity contribution < 1.29 is 34.2 Å². The standard InChI is InChI=1S/C18H19N3O7/c1-9(16(26)11(17(19)27)7-14(22)23)20-18(28)13-6-10-4-2-3-5-12(10)21(13)8-15(24)25/h2-6,9,11H,7-8H2,1H3,(H2,19,27)(H,20,28)(H,22,23)(H,24,25)/t9-,11?/m0/s1. The number of rotatable bonds is 9. The first-order valence-electron chi connectivity index (χ1n) is 8.27. The highest BCUT2D eigenvalue weighted by molar-refractivity contribution is 6.07. The van der Waals surface area contributed by atoms with E-state index in [1.807, 2.05) is 0 Å². The van der Waals surface area contributed by atoms with E-state index in [0.29, 0.717) is 10.9 Å². The molecule has 0 saturated carbocycles. The maximum atomic E-state index is 12.6. The Labute approximate surface area is 158 Å². The van der Waals surface area contributed by atoms with Crippen LogP contribution in [0.5, 0.6) is 0 Å². The van der Waals surface area contributed by atoms with Gasteiger partial charge in [-0.25, -0.2) is 0 Å². The first kappa shape index (κ1) is 20.6. The van der Waals surface area contributed by atoms with Gasteiger partial charge in [0.25, 0.3) is 5.91 Å². The minimum Gasteiger partial charge on any atom is -0.481 e. The number of fused-ring (bicyclic) bond motifs is 1. The molecule has 1 aromatic heterocycles. The average molecular weight is 389 g/mol. The number of primary amides is 1. The number of carbonyl (C=O) groups excluding carboxylic acids is 3. The fourth-order valence-electron chi connectivity index (χ4n) is 2.86. The Kier molecular flexibility index (Phi) is 6.14. The van der Waals surface area contributed by atoms with Crippen LogP contribution < -0.4 is 11.1 Å². The van der Waals surface area contributed by atoms with Gasteiger partial charge in [0.15, 0.2) is 5.78 Å². The summed E-state index contributed by atoms with van der Waals surface area (Å²) in [6.45, 7) is 0.823. The van der Waals surface area contributed by atoms with Crippen molar-refractivity contribution in [2.75, 3.05) is 0 Å². The van der Waals surface area contributed by atoms with Gasteiger partial charge < -0.3 is 25.8 Å². The van der Waals surface area contributed by atoms with E-state index in [-0.39, 0.29) is 5.69 Å². The number of benzene rings is 1. The molecule has 10 heteroatoms. The van der Waals surface area contributed by atoms with Gasteiger partial charge in [0.05, 0.1) is 12.5 Å². The topological polar surface area (TPSA) is 169 Å². The third kappa shape index (κ3) is 4.53. The second-order valence-corrected chi connectivity index (χ2v) is 6.22. The molecule has 2 aromatic rings. The van der Waals surface area contributed by atoms with Crippen LogP contribution in [0.3, 0.4) is 0 Å². The number of carbonyl (C=O) groups is 5. The van der Waals surface area contributed by atoms with Crippen LogP contribution in [0.25, 0.3) is 10.9 Å². The molecule has 2 rings (SSSR count). The summed E-state index contributed by atoms with van der Waals surface area (Å²) in [7, 11) is 0. The number of nitrogens with zero attached hydrogens (tertiary/aromatic N) is 1. The number of aliphatic carboxylic acids is 2. The first-order chi connectivity index (χ1) is 13.1. The summed E-state index contributed by atoms with van der Waals surface area (Å²) in [6, 6.07) is 7.05. The summed E-state index contributed by atoms with van der Waals surface area (Å²) in [5.41, 5.74) is 5.62. The lowest BCUT2D eigenvalue weighted by Gasteiger charge is -2.18. The molecule has 0 fully saturated rings. The zero-order chi connectivity index (χ0) is 21.0. The molecule has 0 bridgehead atoms. The van der Waals surface area contributed by atoms with Crippen molar-refractivity contribution >= 4 is 40.4 Å². The molecule has 1 heterocycles. The molecule has 148 valence electrons. The number of carboxylic acid groups (broad SMARTS) is 2. The summed E-state index contributed by atoms with van der Waals surface area (Å²) >= 11 is 0. The number of para-hydroxylation sites is 1. The van der Waals surface area contributed by atoms with E-state index in [9.17, 15) is 24.0 Å². The van der Waals surface area contributed by atoms with Crippen LogP contribution in [-0.4, -0.2) is 50.4 Å². The zero-order valence-electron chi connectivity index (χ0n) is 14.9. The van der Waals surface area contributed by atoms with Gasteiger partial charge in [0.1, 0.15) is 18.2 Å². The Morgan fingerprint density at radius 1 is 1.11 bits per heavy atom. The molecule has 2 atom stereocenters. The van der Waals surface area contributed by atoms with Gasteiger partial charge in [0, 0.05) is 10.9 Å². The molecular weight excluding hydrogens is 370 g/mol. The highest BCUT2D eigenvalue weighted by Crippen LogP contribution is 2.20. The van der Waals surface area contributed by atoms with Crippen LogP contribution in [0.2, 0.25) is 0 Å². The Balaban J connectivity index is 2.28. The largest absolute Gasteiger partial charge is 0.481 e. The summed E-state index contributed by atoms with van der Waals surface area (Å²) in [4.78, 5) is 58.4. The van der Waals surface area contributed by atoms with Crippen molar-refractivity contribution in [3.8, 4) is 0 Å². The van der Waals surface area contributed by atoms with Crippen LogP contribution in [-0.2, 0) is 25.7 Å². The van der Waals surface area contributed by atoms with Crippen molar-refractivity contribution in [2.24, 2.45) is 11.7 Å². The van der Waals surface area contributed by atoms with Gasteiger partial charge in [-0.05, 0) is 19.1 Å². The quantitative estimate of drug-likeness (QED) is 0.437. The van der Waals surface area contributed by atoms with Gasteiger partial charge in [-0.3, -0.25) is 24.0 Å². The second kappa shape index (κ2) is 8.33. The molecule has 10 nitrogen and oxygen atoms in total. The van der Waals surface area contributed by atoms with Crippen LogP contribution in [0.4, 0.5) is 0 Å². The minimum absolute atomic E-state index is 0.0112. The van der Waals surface area contributed by atoms with E-state index >= 15 is 0 Å². The Bertz CT molecular complexity index is 963. The summed E-state index contributed by atoms with van der Waals surface area (Å²) in [6.07, 6.45) is -0.784. The molecule has 28 heavy (non-hydrogen) atoms. The second-order valence-electron chi connectivity index (χ2n) is 6.22. The predicted molar refractivity (Wildman–Crippen MR) is 96.4 cm³/mol. The van der Waals surface area contributed by atoms with E-state index in [1.165, 1.54) is 17.6 Å². The smallest absolute Gasteiger partial charge is 0.323 e. The highest BCUT2D eigenvalue weighted by atomic mass is 16.4. The molecular formula is C18H19N3O7. The van der Waals surface area contributed by atoms with Gasteiger partial charge in [-0.15, -0.1) is 0 Å². The fourth-order valence-corrected chi connectivity index (χ4v) is 2.86. The van der Waals surface area contributed by atoms with E-state index in [4.69, 9.17) is 15.9 Å². The lowest BCUT2D eigenvalue weighted by molar-refractivity contribution is -0.144. The third-order valence-electron chi connectivity index (χ3n) is 4.18. The fraction of sp³-hybridized carbons (Fsp3) is 0.278. The van der Waals surface area contributed by atoms with E-state index < -0.39 is 54.5 Å². The normalized spacial score (nSPS) is 12.9. The molecule has 0 aliphatic carbocycles. The lowest BCUT2D eigenvalue weighted by atomic mass is 9.95. The molecule has 0 radical (unpaired) electrons. The van der Waals surface area contributed by atoms with Crippen molar-refractivity contribution in [2.45, 2.75) is 25.9 Å². The zero-order valence-corrected chi connectivity index (χ0v) is 14.9. The number of nitrogens with two attached hydrogens (primary N) is 1. The van der Waals surface area contributed by atoms with Crippen LogP contribution in [0, 0.1) is 5.92 Å². The number of hydrogen-bond donors (Lipinski definition) is 4. The highest BCUT2D eigenvalue weighted by Gasteiger charge is 2.32. The van der Waals surface area contributed by atoms with E-state index in [0.717, 1.165) is 0 Å². The Morgan fingerprint density at radius 3 is 2.32 bits per heavy atom. The van der Waals surface area contributed by atoms with Crippen molar-refractivity contribution in [3.05, 3.63) is 36.0 Å². The SMILES string of the molecule is C[C@H](NC(=O)c1cc2ccccc2n1CC(=O)O)C(=O)C(CC(=O)O)C(N)=O. The van der Waals surface area contributed by atoms with E-state index in [1.54, 1.807) is 24.3 Å². The van der Waals surface area contributed by atoms with Crippen LogP contribution >= 0.6 is 0 Å². The number of amides is 2. The van der Waals surface area contributed by atoms with Crippen LogP contribution in [0.15, 0.2) is 30.3 Å². The van der Waals surface area contributed by atoms with Gasteiger partial charge in [-0.1, -0.05) is 18.2 Å². The number of carboxylic acids is 2. The van der Waals surface area contributed by atoms with Gasteiger partial charge in [-0.2, -0.15) is 0 Å². The van der Waals surface area contributed by atoms with Crippen LogP contribution in [0.1, 0.15) is 23.8 Å². The monoisotopic (exact) mass is 389 g/mol. The third-order valence-corrected chi connectivity index (χ3v) is 4.18. The minimum atomic E-state index is -1.59. The Hall–Kier alpha value is -3.69. The maximum Gasteiger partial charge on any atom is 0.323 e. The molecule has 0 aliphatic heterocycles. The molecule has 5 N–H and O–H groups in total. The predicted octanol–water partition coefficient (Wildman–Crippen LogP) is -0.0105.